The molecule has 2 aromatic rings. The first-order valence-electron chi connectivity index (χ1n) is 9.43. The van der Waals surface area contributed by atoms with E-state index in [-0.39, 0.29) is 0 Å². The Hall–Kier alpha value is -1.30. The molecular formula is C19H27F3N5Pb. The van der Waals surface area contributed by atoms with Crippen molar-refractivity contribution in [1.82, 2.24) is 19.9 Å². The van der Waals surface area contributed by atoms with Crippen LogP contribution in [-0.4, -0.2) is 56.3 Å². The van der Waals surface area contributed by atoms with E-state index in [4.69, 9.17) is 0 Å². The third kappa shape index (κ3) is 6.94. The van der Waals surface area contributed by atoms with Crippen molar-refractivity contribution in [3.8, 4) is 0 Å². The van der Waals surface area contributed by atoms with Gasteiger partial charge in [-0.15, -0.1) is 0 Å². The summed E-state index contributed by atoms with van der Waals surface area (Å²) in [5, 5.41) is 3.20. The summed E-state index contributed by atoms with van der Waals surface area (Å²) >= 11 is 1.11. The first kappa shape index (κ1) is 24.7. The van der Waals surface area contributed by atoms with E-state index in [0.29, 0.717) is 12.1 Å². The fraction of sp³-hybridized carbons (Fsp3) is 0.526. The molecule has 0 saturated heterocycles. The molecular weight excluding hydrogens is 562 g/mol. The van der Waals surface area contributed by atoms with Crippen LogP contribution in [0, 0.1) is 0 Å². The van der Waals surface area contributed by atoms with Crippen LogP contribution in [0.25, 0.3) is 0 Å². The van der Waals surface area contributed by atoms with E-state index in [1.807, 2.05) is 27.7 Å². The summed E-state index contributed by atoms with van der Waals surface area (Å²) in [6.45, 7) is 10.2. The second-order valence-corrected chi connectivity index (χ2v) is 6.74. The third-order valence-corrected chi connectivity index (χ3v) is 5.62. The van der Waals surface area contributed by atoms with E-state index in [1.165, 1.54) is 18.6 Å². The SMILES string of the molecule is CC.CC.FC(F)(F)c1ccc(CNc2ncnc3c2CN([CH2][Pb])CC3)cn1. The summed E-state index contributed by atoms with van der Waals surface area (Å²) in [5.74, 6) is 0.750. The number of nitrogens with one attached hydrogen (secondary N) is 1. The molecule has 0 unspecified atom stereocenters. The Morgan fingerprint density at radius 3 is 2.39 bits per heavy atom. The van der Waals surface area contributed by atoms with Gasteiger partial charge in [0, 0.05) is 0 Å². The molecule has 0 saturated carbocycles. The molecule has 3 heterocycles. The molecule has 0 bridgehead atoms. The summed E-state index contributed by atoms with van der Waals surface area (Å²) in [6, 6.07) is 2.43. The summed E-state index contributed by atoms with van der Waals surface area (Å²) in [5.41, 5.74) is 1.92. The Morgan fingerprint density at radius 1 is 1.11 bits per heavy atom. The fourth-order valence-electron chi connectivity index (χ4n) is 2.57. The molecule has 153 valence electrons. The van der Waals surface area contributed by atoms with Gasteiger partial charge in [-0.2, -0.15) is 13.2 Å². The molecule has 1 N–H and O–H groups in total. The van der Waals surface area contributed by atoms with Crippen molar-refractivity contribution >= 4 is 31.6 Å². The van der Waals surface area contributed by atoms with E-state index >= 15 is 0 Å². The maximum atomic E-state index is 12.5. The number of fused-ring (bicyclic) bond motifs is 1. The number of pyridine rings is 1. The molecule has 0 spiro atoms. The second kappa shape index (κ2) is 12.3. The Morgan fingerprint density at radius 2 is 1.82 bits per heavy atom. The van der Waals surface area contributed by atoms with E-state index in [0.717, 1.165) is 72.5 Å². The number of nitrogens with zero attached hydrogens (tertiary/aromatic N) is 4. The zero-order valence-corrected chi connectivity index (χ0v) is 20.7. The Kier molecular flexibility index (Phi) is 10.9. The molecule has 0 fully saturated rings. The average molecular weight is 590 g/mol. The maximum absolute atomic E-state index is 12.5. The molecule has 3 radical (unpaired) electrons. The van der Waals surface area contributed by atoms with Crippen molar-refractivity contribution in [1.29, 1.82) is 0 Å². The van der Waals surface area contributed by atoms with Crippen molar-refractivity contribution in [2.24, 2.45) is 0 Å². The molecule has 0 amide bonds. The topological polar surface area (TPSA) is 53.9 Å². The number of rotatable bonds is 4. The molecule has 28 heavy (non-hydrogen) atoms. The van der Waals surface area contributed by atoms with Gasteiger partial charge in [-0.3, -0.25) is 0 Å². The number of alkyl halides is 3. The van der Waals surface area contributed by atoms with Crippen LogP contribution in [0.4, 0.5) is 19.0 Å². The van der Waals surface area contributed by atoms with Gasteiger partial charge in [0.05, 0.1) is 0 Å². The van der Waals surface area contributed by atoms with Crippen LogP contribution in [0.1, 0.15) is 50.2 Å². The van der Waals surface area contributed by atoms with Crippen LogP contribution in [0.2, 0.25) is 0 Å². The number of halogens is 3. The molecule has 0 atom stereocenters. The summed E-state index contributed by atoms with van der Waals surface area (Å²) in [4.78, 5) is 14.5. The van der Waals surface area contributed by atoms with Crippen LogP contribution in [0.5, 0.6) is 0 Å². The van der Waals surface area contributed by atoms with E-state index in [1.54, 1.807) is 0 Å². The Balaban J connectivity index is 0.000000921. The van der Waals surface area contributed by atoms with Crippen molar-refractivity contribution in [2.45, 2.75) is 53.4 Å². The van der Waals surface area contributed by atoms with E-state index in [9.17, 15) is 13.2 Å². The van der Waals surface area contributed by atoms with Gasteiger partial charge in [0.2, 0.25) is 0 Å². The van der Waals surface area contributed by atoms with Gasteiger partial charge in [-0.1, -0.05) is 27.7 Å². The molecule has 3 rings (SSSR count). The van der Waals surface area contributed by atoms with Crippen LogP contribution in [0.3, 0.4) is 0 Å². The zero-order valence-electron chi connectivity index (χ0n) is 16.8. The Bertz CT molecular complexity index is 708. The number of aromatic nitrogens is 3. The predicted molar refractivity (Wildman–Crippen MR) is 106 cm³/mol. The molecule has 9 heteroatoms. The van der Waals surface area contributed by atoms with Gasteiger partial charge in [-0.25, -0.2) is 0 Å². The average Bonchev–Trinajstić information content (AvgIpc) is 2.74. The molecule has 5 nitrogen and oxygen atoms in total. The minimum atomic E-state index is -4.41. The standard InChI is InChI=1S/C15H15F3N5.2C2H6.Pb/c1-23-5-4-12-11(8-23)14(22-9-21-12)20-7-10-2-3-13(19-6-10)15(16,17)18;2*1-2;/h2-3,6,9H,1,4-5,7-8H2,(H,20,21,22);2*1-2H3;. The molecule has 2 aromatic heterocycles. The van der Waals surface area contributed by atoms with E-state index < -0.39 is 11.9 Å². The van der Waals surface area contributed by atoms with Crippen molar-refractivity contribution in [3.05, 3.63) is 47.2 Å². The third-order valence-electron chi connectivity index (χ3n) is 3.88. The summed E-state index contributed by atoms with van der Waals surface area (Å²) in [7, 11) is 0. The van der Waals surface area contributed by atoms with Gasteiger partial charge >= 0.3 is 140 Å². The number of hydrogen-bond acceptors (Lipinski definition) is 5. The van der Waals surface area contributed by atoms with Gasteiger partial charge in [-0.05, 0) is 0 Å². The van der Waals surface area contributed by atoms with E-state index in [2.05, 4.69) is 25.2 Å². The quantitative estimate of drug-likeness (QED) is 0.546. The fourth-order valence-corrected chi connectivity index (χ4v) is 3.62. The van der Waals surface area contributed by atoms with Gasteiger partial charge in [0.15, 0.2) is 0 Å². The first-order valence-corrected chi connectivity index (χ1v) is 12.2. The zero-order chi connectivity index (χ0) is 21.2. The normalized spacial score (nSPS) is 13.4. The molecule has 1 aliphatic rings. The number of hydrogen-bond donors (Lipinski definition) is 1. The Labute approximate surface area is 180 Å². The summed E-state index contributed by atoms with van der Waals surface area (Å²) in [6.07, 6.45) is -0.739. The van der Waals surface area contributed by atoms with Crippen molar-refractivity contribution in [3.63, 3.8) is 0 Å². The van der Waals surface area contributed by atoms with Crippen LogP contribution >= 0.6 is 0 Å². The van der Waals surface area contributed by atoms with Crippen molar-refractivity contribution < 1.29 is 13.2 Å². The monoisotopic (exact) mass is 590 g/mol. The molecule has 0 aromatic carbocycles. The number of anilines is 1. The van der Waals surface area contributed by atoms with Gasteiger partial charge in [0.1, 0.15) is 0 Å². The minimum absolute atomic E-state index is 0.371. The summed E-state index contributed by atoms with van der Waals surface area (Å²) < 4.78 is 38.7. The van der Waals surface area contributed by atoms with Crippen molar-refractivity contribution in [2.75, 3.05) is 16.0 Å². The first-order chi connectivity index (χ1) is 13.5. The molecule has 0 aliphatic carbocycles. The van der Waals surface area contributed by atoms with Crippen LogP contribution in [0.15, 0.2) is 24.7 Å². The second-order valence-electron chi connectivity index (χ2n) is 5.51. The molecule has 1 aliphatic heterocycles. The van der Waals surface area contributed by atoms with Crippen LogP contribution < -0.4 is 5.32 Å². The van der Waals surface area contributed by atoms with Gasteiger partial charge in [0.25, 0.3) is 0 Å². The van der Waals surface area contributed by atoms with Gasteiger partial charge < -0.3 is 0 Å². The van der Waals surface area contributed by atoms with Crippen LogP contribution in [-0.2, 0) is 25.7 Å². The predicted octanol–water partition coefficient (Wildman–Crippen LogP) is 4.04.